The number of amides is 1. The number of rotatable bonds is 9. The Bertz CT molecular complexity index is 1280. The van der Waals surface area contributed by atoms with E-state index < -0.39 is 36.0 Å². The van der Waals surface area contributed by atoms with Crippen molar-refractivity contribution >= 4 is 29.6 Å². The summed E-state index contributed by atoms with van der Waals surface area (Å²) in [6, 6.07) is 15.3. The van der Waals surface area contributed by atoms with Crippen LogP contribution in [0.15, 0.2) is 60.7 Å². The molecule has 186 valence electrons. The van der Waals surface area contributed by atoms with Crippen LogP contribution in [-0.2, 0) is 19.1 Å². The molecular formula is C25H23N3O8. The number of esters is 2. The lowest BCUT2D eigenvalue weighted by Crippen LogP contribution is -2.48. The molecule has 0 saturated carbocycles. The quantitative estimate of drug-likeness (QED) is 0.425. The number of carbonyl (C=O) groups is 4. The molecule has 0 unspecified atom stereocenters. The lowest BCUT2D eigenvalue weighted by Gasteiger charge is -2.23. The molecule has 0 aliphatic rings. The van der Waals surface area contributed by atoms with Crippen LogP contribution in [0.25, 0.3) is 0 Å². The fourth-order valence-corrected chi connectivity index (χ4v) is 3.10. The van der Waals surface area contributed by atoms with Crippen molar-refractivity contribution in [3.8, 4) is 5.88 Å². The van der Waals surface area contributed by atoms with E-state index in [1.165, 1.54) is 43.5 Å². The summed E-state index contributed by atoms with van der Waals surface area (Å²) in [6.45, 7) is 3.48. The standard InChI is InChI=1S/C25H23N3O8/c1-14-6-4-8-16(12-14)24(32)35-20(22(29)26-18-10-11-19(34-3)28-27-18)21(23(30)31)36-25(33)17-9-5-7-15(2)13-17/h4-13,20-21H,1-3H3,(H,30,31)(H,26,27,29)/t20-,21+/m0/s1. The molecule has 0 aliphatic carbocycles. The average Bonchev–Trinajstić information content (AvgIpc) is 2.86. The van der Waals surface area contributed by atoms with Crippen molar-refractivity contribution in [1.29, 1.82) is 0 Å². The van der Waals surface area contributed by atoms with Crippen LogP contribution in [0.3, 0.4) is 0 Å². The van der Waals surface area contributed by atoms with Gasteiger partial charge in [-0.05, 0) is 44.2 Å². The van der Waals surface area contributed by atoms with Crippen molar-refractivity contribution in [3.05, 3.63) is 82.9 Å². The number of nitrogens with one attached hydrogen (secondary N) is 1. The predicted octanol–water partition coefficient (Wildman–Crippen LogP) is 2.58. The number of hydrogen-bond acceptors (Lipinski definition) is 9. The van der Waals surface area contributed by atoms with Crippen molar-refractivity contribution in [2.24, 2.45) is 0 Å². The van der Waals surface area contributed by atoms with Gasteiger partial charge >= 0.3 is 17.9 Å². The first kappa shape index (κ1) is 25.8. The van der Waals surface area contributed by atoms with E-state index in [0.29, 0.717) is 0 Å². The molecule has 36 heavy (non-hydrogen) atoms. The number of aliphatic carboxylic acids is 1. The van der Waals surface area contributed by atoms with Gasteiger partial charge in [0.25, 0.3) is 5.91 Å². The molecular weight excluding hydrogens is 470 g/mol. The Morgan fingerprint density at radius 2 is 1.36 bits per heavy atom. The van der Waals surface area contributed by atoms with Gasteiger partial charge in [-0.1, -0.05) is 35.4 Å². The number of nitrogens with zero attached hydrogens (tertiary/aromatic N) is 2. The van der Waals surface area contributed by atoms with Crippen LogP contribution >= 0.6 is 0 Å². The molecule has 0 spiro atoms. The normalized spacial score (nSPS) is 12.1. The minimum Gasteiger partial charge on any atom is -0.480 e. The smallest absolute Gasteiger partial charge is 0.349 e. The second kappa shape index (κ2) is 11.6. The van der Waals surface area contributed by atoms with Crippen LogP contribution in [0.5, 0.6) is 5.88 Å². The highest BCUT2D eigenvalue weighted by Gasteiger charge is 2.41. The topological polar surface area (TPSA) is 154 Å². The van der Waals surface area contributed by atoms with Crippen molar-refractivity contribution in [2.75, 3.05) is 12.4 Å². The number of aryl methyl sites for hydroxylation is 2. The number of hydrogen-bond donors (Lipinski definition) is 2. The summed E-state index contributed by atoms with van der Waals surface area (Å²) >= 11 is 0. The van der Waals surface area contributed by atoms with Crippen molar-refractivity contribution < 1.29 is 38.5 Å². The lowest BCUT2D eigenvalue weighted by molar-refractivity contribution is -0.157. The molecule has 11 nitrogen and oxygen atoms in total. The molecule has 2 N–H and O–H groups in total. The summed E-state index contributed by atoms with van der Waals surface area (Å²) in [5, 5.41) is 19.6. The third-order valence-corrected chi connectivity index (χ3v) is 4.85. The molecule has 1 aromatic heterocycles. The van der Waals surface area contributed by atoms with Crippen LogP contribution in [-0.4, -0.2) is 58.4 Å². The maximum atomic E-state index is 13.1. The molecule has 2 aromatic carbocycles. The molecule has 0 saturated heterocycles. The third-order valence-electron chi connectivity index (χ3n) is 4.85. The van der Waals surface area contributed by atoms with Gasteiger partial charge in [-0.2, -0.15) is 0 Å². The Morgan fingerprint density at radius 1 is 0.806 bits per heavy atom. The summed E-state index contributed by atoms with van der Waals surface area (Å²) in [5.74, 6) is -4.70. The molecule has 2 atom stereocenters. The van der Waals surface area contributed by atoms with E-state index in [2.05, 4.69) is 15.5 Å². The maximum Gasteiger partial charge on any atom is 0.349 e. The van der Waals surface area contributed by atoms with Gasteiger partial charge in [-0.3, -0.25) is 4.79 Å². The zero-order chi connectivity index (χ0) is 26.2. The number of ether oxygens (including phenoxy) is 3. The van der Waals surface area contributed by atoms with Crippen molar-refractivity contribution in [1.82, 2.24) is 10.2 Å². The first-order valence-corrected chi connectivity index (χ1v) is 10.6. The zero-order valence-corrected chi connectivity index (χ0v) is 19.6. The van der Waals surface area contributed by atoms with Crippen LogP contribution in [0.1, 0.15) is 31.8 Å². The number of aromatic nitrogens is 2. The predicted molar refractivity (Wildman–Crippen MR) is 126 cm³/mol. The summed E-state index contributed by atoms with van der Waals surface area (Å²) in [6.07, 6.45) is -4.23. The van der Waals surface area contributed by atoms with E-state index >= 15 is 0 Å². The van der Waals surface area contributed by atoms with E-state index in [1.807, 2.05) is 0 Å². The third kappa shape index (κ3) is 6.63. The summed E-state index contributed by atoms with van der Waals surface area (Å²) in [4.78, 5) is 50.6. The van der Waals surface area contributed by atoms with Crippen molar-refractivity contribution in [2.45, 2.75) is 26.1 Å². The van der Waals surface area contributed by atoms with E-state index in [4.69, 9.17) is 14.2 Å². The van der Waals surface area contributed by atoms with Crippen LogP contribution in [0.2, 0.25) is 0 Å². The summed E-state index contributed by atoms with van der Waals surface area (Å²) < 4.78 is 15.3. The van der Waals surface area contributed by atoms with Gasteiger partial charge in [0, 0.05) is 6.07 Å². The average molecular weight is 493 g/mol. The number of carbonyl (C=O) groups excluding carboxylic acids is 3. The number of carboxylic acids is 1. The lowest BCUT2D eigenvalue weighted by atomic mass is 10.1. The van der Waals surface area contributed by atoms with Gasteiger partial charge in [0.1, 0.15) is 0 Å². The van der Waals surface area contributed by atoms with E-state index in [0.717, 1.165) is 11.1 Å². The Morgan fingerprint density at radius 3 is 1.81 bits per heavy atom. The van der Waals surface area contributed by atoms with Gasteiger partial charge in [-0.25, -0.2) is 14.4 Å². The first-order valence-electron chi connectivity index (χ1n) is 10.6. The fraction of sp³-hybridized carbons (Fsp3) is 0.200. The SMILES string of the molecule is COc1ccc(NC(=O)[C@@H](OC(=O)c2cccc(C)c2)[C@@H](OC(=O)c2cccc(C)c2)C(=O)O)nn1. The van der Waals surface area contributed by atoms with E-state index in [9.17, 15) is 24.3 Å². The highest BCUT2D eigenvalue weighted by molar-refractivity contribution is 6.01. The molecule has 0 bridgehead atoms. The van der Waals surface area contributed by atoms with Crippen LogP contribution in [0.4, 0.5) is 5.82 Å². The number of methoxy groups -OCH3 is 1. The van der Waals surface area contributed by atoms with Gasteiger partial charge < -0.3 is 24.6 Å². The largest absolute Gasteiger partial charge is 0.480 e. The zero-order valence-electron chi connectivity index (χ0n) is 19.6. The van der Waals surface area contributed by atoms with Gasteiger partial charge in [-0.15, -0.1) is 10.2 Å². The molecule has 3 aromatic rings. The highest BCUT2D eigenvalue weighted by atomic mass is 16.6. The second-order valence-electron chi connectivity index (χ2n) is 7.68. The molecule has 0 aliphatic heterocycles. The summed E-state index contributed by atoms with van der Waals surface area (Å²) in [7, 11) is 1.38. The Balaban J connectivity index is 1.91. The Kier molecular flexibility index (Phi) is 8.29. The number of benzene rings is 2. The molecule has 1 amide bonds. The minimum atomic E-state index is -2.17. The van der Waals surface area contributed by atoms with Crippen LogP contribution < -0.4 is 10.1 Å². The van der Waals surface area contributed by atoms with Gasteiger partial charge in [0.15, 0.2) is 5.82 Å². The second-order valence-corrected chi connectivity index (χ2v) is 7.68. The molecule has 0 radical (unpaired) electrons. The molecule has 11 heteroatoms. The summed E-state index contributed by atoms with van der Waals surface area (Å²) in [5.41, 5.74) is 1.60. The fourth-order valence-electron chi connectivity index (χ4n) is 3.10. The number of carboxylic acid groups (broad SMARTS) is 1. The first-order chi connectivity index (χ1) is 17.2. The molecule has 1 heterocycles. The van der Waals surface area contributed by atoms with Gasteiger partial charge in [0.05, 0.1) is 18.2 Å². The van der Waals surface area contributed by atoms with Crippen LogP contribution in [0, 0.1) is 13.8 Å². The monoisotopic (exact) mass is 493 g/mol. The van der Waals surface area contributed by atoms with E-state index in [1.54, 1.807) is 38.1 Å². The highest BCUT2D eigenvalue weighted by Crippen LogP contribution is 2.17. The minimum absolute atomic E-state index is 0.0615. The van der Waals surface area contributed by atoms with Gasteiger partial charge in [0.2, 0.25) is 18.1 Å². The van der Waals surface area contributed by atoms with E-state index in [-0.39, 0.29) is 22.8 Å². The maximum absolute atomic E-state index is 13.1. The van der Waals surface area contributed by atoms with Crippen molar-refractivity contribution in [3.63, 3.8) is 0 Å². The molecule has 3 rings (SSSR count). The Hall–Kier alpha value is -4.80. The number of anilines is 1. The Labute approximate surface area is 206 Å². The molecule has 0 fully saturated rings.